The second kappa shape index (κ2) is 33.9. The van der Waals surface area contributed by atoms with E-state index in [1.165, 1.54) is 24.0 Å². The van der Waals surface area contributed by atoms with Gasteiger partial charge in [-0.15, -0.1) is 0 Å². The van der Waals surface area contributed by atoms with Crippen molar-refractivity contribution in [3.05, 3.63) is 83.4 Å². The van der Waals surface area contributed by atoms with Crippen molar-refractivity contribution in [2.45, 2.75) is 162 Å². The van der Waals surface area contributed by atoms with Crippen LogP contribution in [0.2, 0.25) is 0 Å². The van der Waals surface area contributed by atoms with Gasteiger partial charge in [0.2, 0.25) is 0 Å². The maximum absolute atomic E-state index is 12.6. The Morgan fingerprint density at radius 2 is 1.32 bits per heavy atom. The van der Waals surface area contributed by atoms with Crippen molar-refractivity contribution in [1.29, 1.82) is 0 Å². The van der Waals surface area contributed by atoms with E-state index >= 15 is 0 Å². The van der Waals surface area contributed by atoms with Gasteiger partial charge in [-0.25, -0.2) is 4.57 Å². The molecule has 0 aromatic carbocycles. The summed E-state index contributed by atoms with van der Waals surface area (Å²) in [6, 6.07) is 0. The van der Waals surface area contributed by atoms with Crippen LogP contribution in [0.25, 0.3) is 0 Å². The number of carbonyl (C=O) groups is 2. The number of nitrogens with two attached hydrogens (primary N) is 1. The molecule has 0 radical (unpaired) electrons. The van der Waals surface area contributed by atoms with Gasteiger partial charge in [0, 0.05) is 32.2 Å². The van der Waals surface area contributed by atoms with E-state index in [2.05, 4.69) is 45.1 Å². The van der Waals surface area contributed by atoms with Gasteiger partial charge < -0.3 is 29.6 Å². The Hall–Kier alpha value is -3.05. The molecule has 57 heavy (non-hydrogen) atoms. The number of allylic oxidation sites excluding steroid dienone is 9. The van der Waals surface area contributed by atoms with E-state index in [1.807, 2.05) is 37.3 Å². The molecule has 0 saturated heterocycles. The van der Waals surface area contributed by atoms with E-state index in [9.17, 15) is 24.2 Å². The zero-order valence-corrected chi connectivity index (χ0v) is 36.3. The van der Waals surface area contributed by atoms with E-state index in [0.29, 0.717) is 25.7 Å². The minimum atomic E-state index is -4.41. The molecule has 1 aromatic heterocycles. The Balaban J connectivity index is 2.30. The average Bonchev–Trinajstić information content (AvgIpc) is 3.46. The van der Waals surface area contributed by atoms with E-state index in [1.54, 1.807) is 6.08 Å². The van der Waals surface area contributed by atoms with Gasteiger partial charge >= 0.3 is 19.8 Å². The Bertz CT molecular complexity index is 1410. The lowest BCUT2D eigenvalue weighted by atomic mass is 10.0. The molecule has 0 spiro atoms. The van der Waals surface area contributed by atoms with Crippen LogP contribution < -0.4 is 5.73 Å². The van der Waals surface area contributed by atoms with Gasteiger partial charge in [-0.2, -0.15) is 0 Å². The van der Waals surface area contributed by atoms with Crippen molar-refractivity contribution >= 4 is 19.8 Å². The van der Waals surface area contributed by atoms with Gasteiger partial charge in [0.05, 0.1) is 19.3 Å². The predicted octanol–water partition coefficient (Wildman–Crippen LogP) is 10.3. The molecule has 0 aliphatic heterocycles. The second-order valence-electron chi connectivity index (χ2n) is 14.3. The summed E-state index contributed by atoms with van der Waals surface area (Å²) in [4.78, 5) is 34.9. The number of furan rings is 1. The Morgan fingerprint density at radius 1 is 0.737 bits per heavy atom. The number of aryl methyl sites for hydroxylation is 2. The fourth-order valence-corrected chi connectivity index (χ4v) is 6.49. The first kappa shape index (κ1) is 52.0. The smallest absolute Gasteiger partial charge is 0.466 e. The highest BCUT2D eigenvalue weighted by Crippen LogP contribution is 2.43. The number of phosphoric acid groups is 1. The number of carbonyl (C=O) groups excluding carboxylic acids is 2. The van der Waals surface area contributed by atoms with Crippen LogP contribution in [0.3, 0.4) is 0 Å². The predicted molar refractivity (Wildman–Crippen MR) is 229 cm³/mol. The highest BCUT2D eigenvalue weighted by Gasteiger charge is 2.26. The monoisotopic (exact) mass is 820 g/mol. The van der Waals surface area contributed by atoms with Crippen LogP contribution in [0.5, 0.6) is 0 Å². The number of unbranched alkanes of at least 4 members (excludes halogenated alkanes) is 8. The minimum absolute atomic E-state index is 0.0308. The summed E-state index contributed by atoms with van der Waals surface area (Å²) in [5, 5.41) is 9.47. The molecule has 0 aliphatic rings. The minimum Gasteiger partial charge on any atom is -0.466 e. The van der Waals surface area contributed by atoms with E-state index in [0.717, 1.165) is 82.1 Å². The number of aliphatic hydroxyl groups excluding tert-OH is 1. The molecule has 1 rings (SSSR count). The van der Waals surface area contributed by atoms with Gasteiger partial charge in [0.15, 0.2) is 6.10 Å². The largest absolute Gasteiger partial charge is 0.472 e. The molecule has 324 valence electrons. The molecule has 1 unspecified atom stereocenters. The van der Waals surface area contributed by atoms with Crippen molar-refractivity contribution in [2.24, 2.45) is 5.73 Å². The number of aliphatic hydroxyl groups is 1. The third kappa shape index (κ3) is 28.1. The van der Waals surface area contributed by atoms with Gasteiger partial charge in [-0.05, 0) is 82.8 Å². The average molecular weight is 820 g/mol. The molecule has 12 heteroatoms. The molecule has 1 aromatic rings. The summed E-state index contributed by atoms with van der Waals surface area (Å²) in [5.41, 5.74) is 7.95. The molecular weight excluding hydrogens is 745 g/mol. The lowest BCUT2D eigenvalue weighted by Crippen LogP contribution is -2.29. The Kier molecular flexibility index (Phi) is 30.9. The van der Waals surface area contributed by atoms with Crippen LogP contribution in [-0.2, 0) is 45.5 Å². The summed E-state index contributed by atoms with van der Waals surface area (Å²) in [7, 11) is -4.41. The summed E-state index contributed by atoms with van der Waals surface area (Å²) in [6.07, 6.45) is 34.9. The molecule has 4 N–H and O–H groups in total. The molecule has 0 amide bonds. The zero-order valence-electron chi connectivity index (χ0n) is 35.4. The number of rotatable bonds is 35. The summed E-state index contributed by atoms with van der Waals surface area (Å²) < 4.78 is 38.8. The number of phosphoric ester groups is 1. The third-order valence-corrected chi connectivity index (χ3v) is 10.2. The van der Waals surface area contributed by atoms with Gasteiger partial charge in [0.1, 0.15) is 18.1 Å². The first-order chi connectivity index (χ1) is 27.5. The number of hydrogen-bond donors (Lipinski definition) is 3. The second-order valence-corrected chi connectivity index (χ2v) is 15.7. The Morgan fingerprint density at radius 3 is 1.95 bits per heavy atom. The maximum atomic E-state index is 12.6. The SMILES string of the molecule is CCCc1oc(CCCCCCCCCCC(=O)O[C@H](COC(=O)CCC/C=C\C/C=C\C/C=C\C/C=C\C=C\[C@@H](O)CC)COP(=O)(O)OCCN)c(C)c1C. The Labute approximate surface area is 343 Å². The molecule has 0 saturated carbocycles. The van der Waals surface area contributed by atoms with Crippen LogP contribution in [-0.4, -0.2) is 60.5 Å². The van der Waals surface area contributed by atoms with Crippen molar-refractivity contribution in [1.82, 2.24) is 0 Å². The van der Waals surface area contributed by atoms with Crippen molar-refractivity contribution in [3.8, 4) is 0 Å². The van der Waals surface area contributed by atoms with Crippen LogP contribution >= 0.6 is 7.82 Å². The van der Waals surface area contributed by atoms with Crippen LogP contribution in [0, 0.1) is 13.8 Å². The molecule has 1 heterocycles. The van der Waals surface area contributed by atoms with Crippen LogP contribution in [0.1, 0.15) is 146 Å². The van der Waals surface area contributed by atoms with Gasteiger partial charge in [-0.1, -0.05) is 113 Å². The van der Waals surface area contributed by atoms with Gasteiger partial charge in [0.25, 0.3) is 0 Å². The first-order valence-electron chi connectivity index (χ1n) is 21.2. The van der Waals surface area contributed by atoms with Crippen molar-refractivity contribution in [2.75, 3.05) is 26.4 Å². The lowest BCUT2D eigenvalue weighted by molar-refractivity contribution is -0.161. The number of ether oxygens (including phenoxy) is 2. The quantitative estimate of drug-likeness (QED) is 0.0196. The highest BCUT2D eigenvalue weighted by molar-refractivity contribution is 7.47. The summed E-state index contributed by atoms with van der Waals surface area (Å²) in [5.74, 6) is 1.33. The van der Waals surface area contributed by atoms with E-state index in [-0.39, 0.29) is 38.7 Å². The maximum Gasteiger partial charge on any atom is 0.472 e. The zero-order chi connectivity index (χ0) is 42.0. The molecule has 0 bridgehead atoms. The number of hydrogen-bond acceptors (Lipinski definition) is 10. The fourth-order valence-electron chi connectivity index (χ4n) is 5.73. The lowest BCUT2D eigenvalue weighted by Gasteiger charge is -2.19. The first-order valence-corrected chi connectivity index (χ1v) is 22.7. The molecule has 0 aliphatic carbocycles. The van der Waals surface area contributed by atoms with E-state index in [4.69, 9.17) is 28.7 Å². The van der Waals surface area contributed by atoms with Gasteiger partial charge in [-0.3, -0.25) is 18.6 Å². The standard InChI is InChI=1S/C45H74NO10P/c1-5-29-42-38(3)39(4)43(56-42)31-26-22-18-15-16-20-24-28-33-45(49)55-41(37-54-57(50,51)53-35-34-46)36-52-44(48)32-27-23-19-14-12-10-8-7-9-11-13-17-21-25-30-40(47)6-2/h8-11,14,17,19,21,25,30,40-41,47H,5-7,12-13,15-16,18,20,22-24,26-29,31-37,46H2,1-4H3,(H,50,51)/b10-8-,11-9-,19-14-,21-17-,30-25+/t40-,41+/m0/s1. The molecule has 0 fully saturated rings. The van der Waals surface area contributed by atoms with Crippen LogP contribution in [0.4, 0.5) is 0 Å². The third-order valence-electron chi connectivity index (χ3n) is 9.25. The highest BCUT2D eigenvalue weighted by atomic mass is 31.2. The topological polar surface area (TPSA) is 168 Å². The molecule has 11 nitrogen and oxygen atoms in total. The molecular formula is C45H74NO10P. The van der Waals surface area contributed by atoms with Crippen LogP contribution in [0.15, 0.2) is 65.2 Å². The number of esters is 2. The summed E-state index contributed by atoms with van der Waals surface area (Å²) in [6.45, 7) is 7.51. The fraction of sp³-hybridized carbons (Fsp3) is 0.644. The van der Waals surface area contributed by atoms with E-state index < -0.39 is 32.5 Å². The summed E-state index contributed by atoms with van der Waals surface area (Å²) >= 11 is 0. The van der Waals surface area contributed by atoms with Crippen molar-refractivity contribution < 1.29 is 47.1 Å². The molecule has 3 atom stereocenters. The van der Waals surface area contributed by atoms with Crippen molar-refractivity contribution in [3.63, 3.8) is 0 Å². The normalized spacial score (nSPS) is 14.4.